The van der Waals surface area contributed by atoms with E-state index in [-0.39, 0.29) is 11.3 Å². The molecule has 6 nitrogen and oxygen atoms in total. The molecule has 0 radical (unpaired) electrons. The van der Waals surface area contributed by atoms with Gasteiger partial charge in [0.15, 0.2) is 6.29 Å². The number of aryl methyl sites for hydroxylation is 1. The number of nitro benzene ring substituents is 1. The Morgan fingerprint density at radius 1 is 1.41 bits per heavy atom. The second-order valence-electron chi connectivity index (χ2n) is 3.52. The molecule has 2 aromatic rings. The third kappa shape index (κ3) is 2.05. The average molecular weight is 231 g/mol. The van der Waals surface area contributed by atoms with E-state index in [0.29, 0.717) is 12.0 Å². The zero-order valence-electron chi connectivity index (χ0n) is 9.03. The largest absolute Gasteiger partial charge is 0.298 e. The summed E-state index contributed by atoms with van der Waals surface area (Å²) in [5, 5.41) is 14.8. The number of nitro groups is 1. The summed E-state index contributed by atoms with van der Waals surface area (Å²) in [5.41, 5.74) is 1.29. The number of aromatic nitrogens is 2. The molecule has 1 heterocycles. The van der Waals surface area contributed by atoms with Gasteiger partial charge in [-0.05, 0) is 25.1 Å². The lowest BCUT2D eigenvalue weighted by Crippen LogP contribution is -1.99. The van der Waals surface area contributed by atoms with Gasteiger partial charge in [-0.15, -0.1) is 0 Å². The molecule has 86 valence electrons. The minimum atomic E-state index is -0.581. The lowest BCUT2D eigenvalue weighted by Gasteiger charge is -2.02. The van der Waals surface area contributed by atoms with Crippen LogP contribution in [0.15, 0.2) is 30.5 Å². The van der Waals surface area contributed by atoms with Gasteiger partial charge in [0.2, 0.25) is 0 Å². The maximum atomic E-state index is 10.8. The van der Waals surface area contributed by atoms with E-state index in [1.54, 1.807) is 16.9 Å². The summed E-state index contributed by atoms with van der Waals surface area (Å²) in [6.45, 7) is 1.84. The number of aldehydes is 1. The van der Waals surface area contributed by atoms with Crippen LogP contribution in [0.5, 0.6) is 0 Å². The Morgan fingerprint density at radius 3 is 2.71 bits per heavy atom. The minimum Gasteiger partial charge on any atom is -0.298 e. The monoisotopic (exact) mass is 231 g/mol. The Bertz CT molecular complexity index is 589. The predicted molar refractivity (Wildman–Crippen MR) is 60.3 cm³/mol. The van der Waals surface area contributed by atoms with Crippen molar-refractivity contribution in [3.8, 4) is 5.69 Å². The fourth-order valence-corrected chi connectivity index (χ4v) is 1.50. The summed E-state index contributed by atoms with van der Waals surface area (Å²) < 4.78 is 1.56. The molecule has 0 aliphatic heterocycles. The van der Waals surface area contributed by atoms with Crippen molar-refractivity contribution >= 4 is 12.0 Å². The number of hydrogen-bond acceptors (Lipinski definition) is 4. The molecule has 0 spiro atoms. The summed E-state index contributed by atoms with van der Waals surface area (Å²) in [5.74, 6) is 0. The van der Waals surface area contributed by atoms with Crippen LogP contribution in [0.1, 0.15) is 16.1 Å². The lowest BCUT2D eigenvalue weighted by molar-refractivity contribution is -0.385. The minimum absolute atomic E-state index is 0.0423. The Kier molecular flexibility index (Phi) is 2.70. The van der Waals surface area contributed by atoms with Crippen LogP contribution in [0.3, 0.4) is 0 Å². The van der Waals surface area contributed by atoms with E-state index in [1.165, 1.54) is 12.1 Å². The molecule has 0 bridgehead atoms. The quantitative estimate of drug-likeness (QED) is 0.459. The molecule has 0 unspecified atom stereocenters. The topological polar surface area (TPSA) is 78.0 Å². The van der Waals surface area contributed by atoms with Crippen LogP contribution in [0, 0.1) is 17.0 Å². The number of carbonyl (C=O) groups excluding carboxylic acids is 1. The highest BCUT2D eigenvalue weighted by atomic mass is 16.6. The van der Waals surface area contributed by atoms with Crippen molar-refractivity contribution in [3.05, 3.63) is 51.8 Å². The smallest absolute Gasteiger partial charge is 0.280 e. The third-order valence-corrected chi connectivity index (χ3v) is 2.32. The van der Waals surface area contributed by atoms with Crippen LogP contribution < -0.4 is 0 Å². The zero-order valence-corrected chi connectivity index (χ0v) is 9.03. The number of benzene rings is 1. The molecule has 0 fully saturated rings. The predicted octanol–water partition coefficient (Wildman–Crippen LogP) is 1.90. The van der Waals surface area contributed by atoms with Crippen molar-refractivity contribution in [2.75, 3.05) is 0 Å². The van der Waals surface area contributed by atoms with E-state index < -0.39 is 4.92 Å². The first-order valence-electron chi connectivity index (χ1n) is 4.88. The summed E-state index contributed by atoms with van der Waals surface area (Å²) in [6.07, 6.45) is 2.20. The molecular weight excluding hydrogens is 222 g/mol. The van der Waals surface area contributed by atoms with Crippen molar-refractivity contribution < 1.29 is 9.72 Å². The molecule has 1 aromatic heterocycles. The summed E-state index contributed by atoms with van der Waals surface area (Å²) in [7, 11) is 0. The van der Waals surface area contributed by atoms with Gasteiger partial charge in [0.05, 0.1) is 21.9 Å². The van der Waals surface area contributed by atoms with Gasteiger partial charge >= 0.3 is 0 Å². The Labute approximate surface area is 96.6 Å². The molecular formula is C11H9N3O3. The van der Waals surface area contributed by atoms with Crippen molar-refractivity contribution in [2.24, 2.45) is 0 Å². The molecule has 0 saturated heterocycles. The Balaban J connectivity index is 2.52. The van der Waals surface area contributed by atoms with E-state index in [0.717, 1.165) is 5.69 Å². The van der Waals surface area contributed by atoms with Crippen molar-refractivity contribution in [1.82, 2.24) is 9.78 Å². The van der Waals surface area contributed by atoms with Gasteiger partial charge in [-0.3, -0.25) is 14.9 Å². The first-order valence-corrected chi connectivity index (χ1v) is 4.88. The van der Waals surface area contributed by atoms with Crippen molar-refractivity contribution in [1.29, 1.82) is 0 Å². The maximum absolute atomic E-state index is 10.8. The average Bonchev–Trinajstić information content (AvgIpc) is 2.75. The van der Waals surface area contributed by atoms with Crippen molar-refractivity contribution in [2.45, 2.75) is 6.92 Å². The van der Waals surface area contributed by atoms with E-state index >= 15 is 0 Å². The van der Waals surface area contributed by atoms with Gasteiger partial charge in [-0.25, -0.2) is 4.68 Å². The third-order valence-electron chi connectivity index (χ3n) is 2.32. The van der Waals surface area contributed by atoms with Gasteiger partial charge in [0.1, 0.15) is 0 Å². The van der Waals surface area contributed by atoms with Gasteiger partial charge in [-0.2, -0.15) is 5.10 Å². The van der Waals surface area contributed by atoms with Gasteiger partial charge < -0.3 is 0 Å². The van der Waals surface area contributed by atoms with Crippen LogP contribution in [0.4, 0.5) is 5.69 Å². The fourth-order valence-electron chi connectivity index (χ4n) is 1.50. The molecule has 0 aliphatic rings. The van der Waals surface area contributed by atoms with Crippen LogP contribution >= 0.6 is 0 Å². The summed E-state index contributed by atoms with van der Waals surface area (Å²) in [6, 6.07) is 6.10. The fraction of sp³-hybridized carbons (Fsp3) is 0.0909. The lowest BCUT2D eigenvalue weighted by atomic mass is 10.2. The Morgan fingerprint density at radius 2 is 2.18 bits per heavy atom. The van der Waals surface area contributed by atoms with E-state index in [9.17, 15) is 14.9 Å². The number of nitrogens with zero attached hydrogens (tertiary/aromatic N) is 3. The molecule has 1 aromatic carbocycles. The van der Waals surface area contributed by atoms with Crippen LogP contribution in [0.2, 0.25) is 0 Å². The normalized spacial score (nSPS) is 10.2. The standard InChI is InChI=1S/C11H9N3O3/c1-8-4-5-13(12-8)10-2-3-11(14(16)17)9(6-10)7-15/h2-7H,1H3. The highest BCUT2D eigenvalue weighted by Crippen LogP contribution is 2.20. The molecule has 0 aliphatic carbocycles. The second kappa shape index (κ2) is 4.17. The van der Waals surface area contributed by atoms with Crippen LogP contribution in [-0.2, 0) is 0 Å². The van der Waals surface area contributed by atoms with Gasteiger partial charge in [0.25, 0.3) is 5.69 Å². The van der Waals surface area contributed by atoms with Crippen LogP contribution in [0.25, 0.3) is 5.69 Å². The first-order chi connectivity index (χ1) is 8.11. The summed E-state index contributed by atoms with van der Waals surface area (Å²) >= 11 is 0. The molecule has 0 saturated carbocycles. The second-order valence-corrected chi connectivity index (χ2v) is 3.52. The highest BCUT2D eigenvalue weighted by Gasteiger charge is 2.14. The molecule has 0 N–H and O–H groups in total. The first kappa shape index (κ1) is 11.0. The number of hydrogen-bond donors (Lipinski definition) is 0. The van der Waals surface area contributed by atoms with E-state index in [1.807, 2.05) is 13.0 Å². The summed E-state index contributed by atoms with van der Waals surface area (Å²) in [4.78, 5) is 20.9. The molecule has 17 heavy (non-hydrogen) atoms. The van der Waals surface area contributed by atoms with E-state index in [2.05, 4.69) is 5.10 Å². The molecule has 0 amide bonds. The molecule has 0 atom stereocenters. The number of carbonyl (C=O) groups is 1. The van der Waals surface area contributed by atoms with Crippen molar-refractivity contribution in [3.63, 3.8) is 0 Å². The highest BCUT2D eigenvalue weighted by molar-refractivity contribution is 5.82. The SMILES string of the molecule is Cc1ccn(-c2ccc([N+](=O)[O-])c(C=O)c2)n1. The van der Waals surface area contributed by atoms with Gasteiger partial charge in [-0.1, -0.05) is 0 Å². The Hall–Kier alpha value is -2.50. The van der Waals surface area contributed by atoms with Gasteiger partial charge in [0, 0.05) is 12.3 Å². The molecule has 2 rings (SSSR count). The van der Waals surface area contributed by atoms with Crippen LogP contribution in [-0.4, -0.2) is 21.0 Å². The maximum Gasteiger partial charge on any atom is 0.280 e. The number of rotatable bonds is 3. The molecule has 6 heteroatoms. The van der Waals surface area contributed by atoms with E-state index in [4.69, 9.17) is 0 Å². The zero-order chi connectivity index (χ0) is 12.4.